The zero-order chi connectivity index (χ0) is 28.5. The van der Waals surface area contributed by atoms with Crippen molar-refractivity contribution in [1.29, 1.82) is 0 Å². The fraction of sp³-hybridized carbons (Fsp3) is 0.368. The van der Waals surface area contributed by atoms with E-state index in [9.17, 15) is 0 Å². The summed E-state index contributed by atoms with van der Waals surface area (Å²) in [5, 5.41) is 0. The molecule has 2 aliphatic rings. The van der Waals surface area contributed by atoms with Crippen LogP contribution in [0.4, 0.5) is 0 Å². The largest absolute Gasteiger partial charge is 0.310 e. The summed E-state index contributed by atoms with van der Waals surface area (Å²) in [7, 11) is 4.11. The topological polar surface area (TPSA) is 3.24 Å². The molecule has 2 aliphatic carbocycles. The minimum Gasteiger partial charge on any atom is -0.310 e. The molecule has 0 saturated heterocycles. The first-order valence-electron chi connectivity index (χ1n) is 14.5. The molecule has 0 saturated carbocycles. The Labute approximate surface area is 236 Å². The van der Waals surface area contributed by atoms with Gasteiger partial charge in [-0.25, -0.2) is 0 Å². The first kappa shape index (κ1) is 27.4. The van der Waals surface area contributed by atoms with E-state index in [-0.39, 0.29) is 5.41 Å². The molecule has 0 heterocycles. The highest BCUT2D eigenvalue weighted by Gasteiger charge is 2.53. The molecule has 1 heteroatoms. The van der Waals surface area contributed by atoms with E-state index in [2.05, 4.69) is 131 Å². The number of fused-ring (bicyclic) bond motifs is 10. The van der Waals surface area contributed by atoms with Gasteiger partial charge in [-0.05, 0) is 178 Å². The second-order valence-electron chi connectivity index (χ2n) is 12.3. The molecule has 6 rings (SSSR count). The Kier molecular flexibility index (Phi) is 6.67. The third-order valence-electron chi connectivity index (χ3n) is 10.2. The number of hydrogen-bond donors (Lipinski definition) is 0. The van der Waals surface area contributed by atoms with Gasteiger partial charge in [0, 0.05) is 0 Å². The second-order valence-corrected chi connectivity index (χ2v) is 12.3. The van der Waals surface area contributed by atoms with Crippen LogP contribution in [0.25, 0.3) is 22.3 Å². The lowest BCUT2D eigenvalue weighted by molar-refractivity contribution is 0.434. The third kappa shape index (κ3) is 3.62. The lowest BCUT2D eigenvalue weighted by atomic mass is 9.69. The molecule has 39 heavy (non-hydrogen) atoms. The van der Waals surface area contributed by atoms with E-state index in [1.807, 2.05) is 0 Å². The average molecular weight is 516 g/mol. The molecule has 4 aromatic carbocycles. The van der Waals surface area contributed by atoms with Crippen LogP contribution < -0.4 is 0 Å². The first-order valence-corrected chi connectivity index (χ1v) is 14.5. The molecule has 1 nitrogen and oxygen atoms in total. The predicted octanol–water partition coefficient (Wildman–Crippen LogP) is 9.37. The fourth-order valence-electron chi connectivity index (χ4n) is 7.02. The Morgan fingerprint density at radius 3 is 1.28 bits per heavy atom. The van der Waals surface area contributed by atoms with Gasteiger partial charge in [0.25, 0.3) is 0 Å². The SMILES string of the molecule is CCN(C)C.Cc1cc2c(c(C)c1C)-c1ccccc1C21c2cc(C)c(C)c(C)c2-c2c1cc(C)c(C)c2C. The van der Waals surface area contributed by atoms with Crippen molar-refractivity contribution in [3.63, 3.8) is 0 Å². The summed E-state index contributed by atoms with van der Waals surface area (Å²) in [4.78, 5) is 2.12. The van der Waals surface area contributed by atoms with Crippen LogP contribution in [0.15, 0.2) is 42.5 Å². The Bertz CT molecular complexity index is 1580. The molecule has 0 aromatic heterocycles. The Hall–Kier alpha value is -3.16. The minimum absolute atomic E-state index is 0.258. The standard InChI is InChI=1S/C34H34.C4H11N/c1-17-14-28-31(23(7)20(17)4)26-12-10-11-13-27(26)34(28)29-15-18(2)21(5)24(8)32(29)33-25(9)22(6)19(3)16-30(33)34;1-4-5(2)3/h10-16H,1-9H3;4H2,1-3H3. The van der Waals surface area contributed by atoms with Gasteiger partial charge in [-0.2, -0.15) is 0 Å². The van der Waals surface area contributed by atoms with Gasteiger partial charge in [-0.15, -0.1) is 0 Å². The van der Waals surface area contributed by atoms with Crippen LogP contribution in [0.2, 0.25) is 0 Å². The van der Waals surface area contributed by atoms with Gasteiger partial charge in [0.1, 0.15) is 0 Å². The summed E-state index contributed by atoms with van der Waals surface area (Å²) < 4.78 is 0. The van der Waals surface area contributed by atoms with Gasteiger partial charge in [0.15, 0.2) is 0 Å². The third-order valence-corrected chi connectivity index (χ3v) is 10.2. The van der Waals surface area contributed by atoms with Crippen molar-refractivity contribution in [3.8, 4) is 22.3 Å². The van der Waals surface area contributed by atoms with Crippen molar-refractivity contribution in [2.45, 2.75) is 74.7 Å². The van der Waals surface area contributed by atoms with Crippen LogP contribution in [0.3, 0.4) is 0 Å². The molecule has 202 valence electrons. The smallest absolute Gasteiger partial charge is 0.0726 e. The van der Waals surface area contributed by atoms with Crippen LogP contribution in [0.5, 0.6) is 0 Å². The van der Waals surface area contributed by atoms with Gasteiger partial charge in [-0.1, -0.05) is 49.4 Å². The van der Waals surface area contributed by atoms with Crippen molar-refractivity contribution in [3.05, 3.63) is 115 Å². The molecule has 1 spiro atoms. The van der Waals surface area contributed by atoms with E-state index in [0.29, 0.717) is 0 Å². The maximum Gasteiger partial charge on any atom is 0.0726 e. The molecule has 0 amide bonds. The maximum atomic E-state index is 2.51. The summed E-state index contributed by atoms with van der Waals surface area (Å²) in [5.74, 6) is 0. The second kappa shape index (κ2) is 9.49. The van der Waals surface area contributed by atoms with Crippen molar-refractivity contribution in [2.24, 2.45) is 0 Å². The molecule has 0 bridgehead atoms. The number of benzene rings is 4. The molecule has 0 atom stereocenters. The van der Waals surface area contributed by atoms with E-state index in [1.165, 1.54) is 94.6 Å². The number of nitrogens with zero attached hydrogens (tertiary/aromatic N) is 1. The molecular formula is C38H45N. The molecule has 0 unspecified atom stereocenters. The van der Waals surface area contributed by atoms with E-state index in [1.54, 1.807) is 0 Å². The van der Waals surface area contributed by atoms with Crippen molar-refractivity contribution in [1.82, 2.24) is 4.90 Å². The summed E-state index contributed by atoms with van der Waals surface area (Å²) in [6.07, 6.45) is 0. The summed E-state index contributed by atoms with van der Waals surface area (Å²) in [5.41, 5.74) is 24.1. The monoisotopic (exact) mass is 515 g/mol. The van der Waals surface area contributed by atoms with Crippen LogP contribution in [0, 0.1) is 62.3 Å². The van der Waals surface area contributed by atoms with Crippen LogP contribution in [-0.4, -0.2) is 25.5 Å². The van der Waals surface area contributed by atoms with Gasteiger partial charge < -0.3 is 4.90 Å². The summed E-state index contributed by atoms with van der Waals surface area (Å²) in [6, 6.07) is 16.7. The van der Waals surface area contributed by atoms with E-state index in [4.69, 9.17) is 0 Å². The maximum absolute atomic E-state index is 2.51. The number of aryl methyl sites for hydroxylation is 3. The molecule has 0 N–H and O–H groups in total. The molecule has 0 aliphatic heterocycles. The highest BCUT2D eigenvalue weighted by molar-refractivity contribution is 5.98. The van der Waals surface area contributed by atoms with Crippen molar-refractivity contribution in [2.75, 3.05) is 20.6 Å². The highest BCUT2D eigenvalue weighted by Crippen LogP contribution is 2.65. The minimum atomic E-state index is -0.258. The lowest BCUT2D eigenvalue weighted by Crippen LogP contribution is -2.26. The van der Waals surface area contributed by atoms with Crippen molar-refractivity contribution >= 4 is 0 Å². The fourth-order valence-corrected chi connectivity index (χ4v) is 7.02. The Balaban J connectivity index is 0.000000567. The van der Waals surface area contributed by atoms with Crippen LogP contribution in [-0.2, 0) is 5.41 Å². The van der Waals surface area contributed by atoms with Gasteiger partial charge in [-0.3, -0.25) is 0 Å². The molecule has 0 fully saturated rings. The molecular weight excluding hydrogens is 470 g/mol. The Morgan fingerprint density at radius 2 is 0.872 bits per heavy atom. The zero-order valence-corrected chi connectivity index (χ0v) is 26.2. The normalized spacial score (nSPS) is 13.7. The number of rotatable bonds is 1. The predicted molar refractivity (Wildman–Crippen MR) is 170 cm³/mol. The van der Waals surface area contributed by atoms with E-state index in [0.717, 1.165) is 6.54 Å². The highest BCUT2D eigenvalue weighted by atomic mass is 15.0. The Morgan fingerprint density at radius 1 is 0.513 bits per heavy atom. The molecule has 4 aromatic rings. The summed E-state index contributed by atoms with van der Waals surface area (Å²) >= 11 is 0. The lowest BCUT2D eigenvalue weighted by Gasteiger charge is -2.32. The van der Waals surface area contributed by atoms with Gasteiger partial charge in [0.2, 0.25) is 0 Å². The van der Waals surface area contributed by atoms with E-state index < -0.39 is 0 Å². The van der Waals surface area contributed by atoms with E-state index >= 15 is 0 Å². The summed E-state index contributed by atoms with van der Waals surface area (Å²) in [6.45, 7) is 24.0. The quantitative estimate of drug-likeness (QED) is 0.211. The van der Waals surface area contributed by atoms with Gasteiger partial charge in [0.05, 0.1) is 5.41 Å². The average Bonchev–Trinajstić information content (AvgIpc) is 3.36. The zero-order valence-electron chi connectivity index (χ0n) is 26.2. The van der Waals surface area contributed by atoms with Crippen LogP contribution in [0.1, 0.15) is 79.2 Å². The molecule has 0 radical (unpaired) electrons. The first-order chi connectivity index (χ1) is 18.4. The van der Waals surface area contributed by atoms with Gasteiger partial charge >= 0.3 is 0 Å². The van der Waals surface area contributed by atoms with Crippen LogP contribution >= 0.6 is 0 Å². The van der Waals surface area contributed by atoms with Crippen molar-refractivity contribution < 1.29 is 0 Å². The number of hydrogen-bond acceptors (Lipinski definition) is 1.